The minimum atomic E-state index is -6.00. The van der Waals surface area contributed by atoms with E-state index in [0.29, 0.717) is 0 Å². The van der Waals surface area contributed by atoms with Crippen LogP contribution in [-0.2, 0) is 6.42 Å². The van der Waals surface area contributed by atoms with Crippen molar-refractivity contribution < 1.29 is 38.5 Å². The van der Waals surface area contributed by atoms with Gasteiger partial charge in [-0.2, -0.15) is 0 Å². The molecule has 0 amide bonds. The minimum absolute atomic E-state index is 0.0732. The maximum atomic E-state index is 9.75. The molecule has 0 saturated carbocycles. The van der Waals surface area contributed by atoms with Gasteiger partial charge in [-0.15, -0.1) is 0 Å². The SMILES string of the molecule is CCCC#C[I+]c1ccc(CCCC)cc1.F[B-](F)(F)F. The van der Waals surface area contributed by atoms with Crippen LogP contribution in [0, 0.1) is 13.4 Å². The number of hydrogen-bond acceptors (Lipinski definition) is 0. The molecule has 0 aliphatic heterocycles. The van der Waals surface area contributed by atoms with Crippen molar-refractivity contribution in [3.05, 3.63) is 33.4 Å². The third kappa shape index (κ3) is 15.5. The second kappa shape index (κ2) is 11.9. The third-order valence-electron chi connectivity index (χ3n) is 2.33. The van der Waals surface area contributed by atoms with Gasteiger partial charge in [-0.1, -0.05) is 32.4 Å². The molecule has 0 aromatic heterocycles. The highest BCUT2D eigenvalue weighted by molar-refractivity contribution is 6.50. The van der Waals surface area contributed by atoms with Crippen molar-refractivity contribution in [2.45, 2.75) is 46.0 Å². The van der Waals surface area contributed by atoms with Crippen LogP contribution in [0.25, 0.3) is 0 Å². The molecule has 0 radical (unpaired) electrons. The predicted octanol–water partition coefficient (Wildman–Crippen LogP) is 2.35. The van der Waals surface area contributed by atoms with Crippen LogP contribution in [0.4, 0.5) is 17.3 Å². The zero-order chi connectivity index (χ0) is 16.1. The number of rotatable bonds is 5. The molecule has 21 heavy (non-hydrogen) atoms. The maximum absolute atomic E-state index is 9.75. The molecule has 0 bridgehead atoms. The first-order chi connectivity index (χ1) is 9.86. The summed E-state index contributed by atoms with van der Waals surface area (Å²) in [4.78, 5) is 0. The van der Waals surface area contributed by atoms with Crippen LogP contribution in [0.3, 0.4) is 0 Å². The van der Waals surface area contributed by atoms with Crippen LogP contribution in [-0.4, -0.2) is 7.25 Å². The monoisotopic (exact) mass is 414 g/mol. The van der Waals surface area contributed by atoms with Crippen molar-refractivity contribution in [1.29, 1.82) is 0 Å². The molecule has 0 spiro atoms. The van der Waals surface area contributed by atoms with E-state index in [0.717, 1.165) is 6.42 Å². The zero-order valence-electron chi connectivity index (χ0n) is 12.3. The molecule has 1 aromatic rings. The van der Waals surface area contributed by atoms with Gasteiger partial charge in [-0.05, 0) is 42.9 Å². The molecule has 1 rings (SSSR count). The van der Waals surface area contributed by atoms with Gasteiger partial charge in [0.1, 0.15) is 0 Å². The average molecular weight is 414 g/mol. The molecule has 0 unspecified atom stereocenters. The van der Waals surface area contributed by atoms with E-state index in [4.69, 9.17) is 0 Å². The molecule has 0 aliphatic carbocycles. The second-order valence-corrected chi connectivity index (χ2v) is 6.67. The summed E-state index contributed by atoms with van der Waals surface area (Å²) >= 11 is -0.0732. The van der Waals surface area contributed by atoms with Gasteiger partial charge in [0.15, 0.2) is 3.93 Å². The van der Waals surface area contributed by atoms with E-state index in [1.165, 1.54) is 34.8 Å². The highest BCUT2D eigenvalue weighted by Crippen LogP contribution is 2.06. The van der Waals surface area contributed by atoms with Gasteiger partial charge >= 0.3 is 28.5 Å². The molecule has 6 heteroatoms. The summed E-state index contributed by atoms with van der Waals surface area (Å²) in [5.41, 5.74) is 1.47. The Morgan fingerprint density at radius 3 is 2.05 bits per heavy atom. The molecular weight excluding hydrogens is 394 g/mol. The van der Waals surface area contributed by atoms with E-state index in [2.05, 4.69) is 48.0 Å². The second-order valence-electron chi connectivity index (χ2n) is 4.34. The fourth-order valence-electron chi connectivity index (χ4n) is 1.36. The summed E-state index contributed by atoms with van der Waals surface area (Å²) in [5, 5.41) is 0. The maximum Gasteiger partial charge on any atom is 0.673 e. The molecule has 0 fully saturated rings. The lowest BCUT2D eigenvalue weighted by Gasteiger charge is -1.96. The molecular formula is C15H20BF4I. The van der Waals surface area contributed by atoms with Crippen LogP contribution >= 0.6 is 0 Å². The molecule has 0 aliphatic rings. The number of benzene rings is 1. The van der Waals surface area contributed by atoms with Gasteiger partial charge in [-0.3, -0.25) is 0 Å². The van der Waals surface area contributed by atoms with E-state index < -0.39 is 7.25 Å². The lowest BCUT2D eigenvalue weighted by molar-refractivity contribution is -0.535. The predicted molar refractivity (Wildman–Crippen MR) is 76.6 cm³/mol. The van der Waals surface area contributed by atoms with Gasteiger partial charge < -0.3 is 17.3 Å². The fraction of sp³-hybridized carbons (Fsp3) is 0.467. The Morgan fingerprint density at radius 2 is 1.57 bits per heavy atom. The van der Waals surface area contributed by atoms with E-state index in [9.17, 15) is 17.3 Å². The summed E-state index contributed by atoms with van der Waals surface area (Å²) in [6.07, 6.45) is 6.01. The van der Waals surface area contributed by atoms with Crippen LogP contribution in [0.5, 0.6) is 0 Å². The summed E-state index contributed by atoms with van der Waals surface area (Å²) < 4.78 is 43.8. The average Bonchev–Trinajstić information content (AvgIpc) is 2.41. The smallest absolute Gasteiger partial charge is 0.418 e. The lowest BCUT2D eigenvalue weighted by Crippen LogP contribution is -3.59. The standard InChI is InChI=1S/C15H20I.BF4/c1-3-5-7-13-16-15-11-9-14(10-12-15)8-6-4-2;2-1(3,4)5/h9-12H,3-6,8H2,1-2H3;/q+1;-1. The van der Waals surface area contributed by atoms with Crippen LogP contribution in [0.15, 0.2) is 24.3 Å². The van der Waals surface area contributed by atoms with Crippen LogP contribution in [0.1, 0.15) is 45.1 Å². The van der Waals surface area contributed by atoms with Crippen LogP contribution < -0.4 is 21.2 Å². The van der Waals surface area contributed by atoms with Gasteiger partial charge in [0, 0.05) is 6.42 Å². The summed E-state index contributed by atoms with van der Waals surface area (Å²) in [6.45, 7) is 4.42. The molecule has 0 atom stereocenters. The largest absolute Gasteiger partial charge is 0.673 e. The fourth-order valence-corrected chi connectivity index (χ4v) is 2.85. The Hall–Kier alpha value is -0.705. The highest BCUT2D eigenvalue weighted by atomic mass is 127. The third-order valence-corrected chi connectivity index (χ3v) is 4.32. The molecule has 0 nitrogen and oxygen atoms in total. The van der Waals surface area contributed by atoms with E-state index in [1.54, 1.807) is 0 Å². The summed E-state index contributed by atoms with van der Waals surface area (Å²) in [5.74, 6) is 3.23. The lowest BCUT2D eigenvalue weighted by atomic mass is 10.1. The normalized spacial score (nSPS) is 10.2. The molecule has 0 saturated heterocycles. The van der Waals surface area contributed by atoms with Gasteiger partial charge in [0.25, 0.3) is 0 Å². The summed E-state index contributed by atoms with van der Waals surface area (Å²) in [6, 6.07) is 9.07. The van der Waals surface area contributed by atoms with Crippen molar-refractivity contribution in [2.24, 2.45) is 0 Å². The Morgan fingerprint density at radius 1 is 1.00 bits per heavy atom. The van der Waals surface area contributed by atoms with Crippen molar-refractivity contribution in [3.63, 3.8) is 0 Å². The molecule has 1 aromatic carbocycles. The Labute approximate surface area is 135 Å². The highest BCUT2D eigenvalue weighted by Gasteiger charge is 2.20. The first-order valence-electron chi connectivity index (χ1n) is 6.94. The molecule has 118 valence electrons. The van der Waals surface area contributed by atoms with E-state index in [1.807, 2.05) is 0 Å². The topological polar surface area (TPSA) is 0 Å². The Bertz CT molecular complexity index is 426. The first kappa shape index (κ1) is 20.3. The van der Waals surface area contributed by atoms with Crippen molar-refractivity contribution in [3.8, 4) is 9.85 Å². The first-order valence-corrected chi connectivity index (χ1v) is 9.10. The molecule has 0 heterocycles. The number of halogens is 5. The van der Waals surface area contributed by atoms with Crippen molar-refractivity contribution >= 4 is 7.25 Å². The van der Waals surface area contributed by atoms with Crippen LogP contribution in [0.2, 0.25) is 0 Å². The van der Waals surface area contributed by atoms with Gasteiger partial charge in [0.2, 0.25) is 3.57 Å². The van der Waals surface area contributed by atoms with Gasteiger partial charge in [0.05, 0.1) is 0 Å². The van der Waals surface area contributed by atoms with Gasteiger partial charge in [-0.25, -0.2) is 0 Å². The minimum Gasteiger partial charge on any atom is -0.418 e. The zero-order valence-corrected chi connectivity index (χ0v) is 14.5. The number of aryl methyl sites for hydroxylation is 1. The molecule has 0 N–H and O–H groups in total. The quantitative estimate of drug-likeness (QED) is 0.301. The summed E-state index contributed by atoms with van der Waals surface area (Å²) in [7, 11) is -6.00. The Kier molecular flexibility index (Phi) is 11.5. The number of hydrogen-bond donors (Lipinski definition) is 0. The van der Waals surface area contributed by atoms with E-state index in [-0.39, 0.29) is 21.2 Å². The van der Waals surface area contributed by atoms with Crippen molar-refractivity contribution in [2.75, 3.05) is 0 Å². The number of unbranched alkanes of at least 4 members (excludes halogenated alkanes) is 2. The van der Waals surface area contributed by atoms with Crippen molar-refractivity contribution in [1.82, 2.24) is 0 Å². The Balaban J connectivity index is 0.000000690. The van der Waals surface area contributed by atoms with E-state index >= 15 is 0 Å².